The second kappa shape index (κ2) is 5.94. The van der Waals surface area contributed by atoms with Crippen molar-refractivity contribution in [2.45, 2.75) is 18.9 Å². The van der Waals surface area contributed by atoms with Crippen molar-refractivity contribution in [2.75, 3.05) is 44.4 Å². The highest BCUT2D eigenvalue weighted by molar-refractivity contribution is 6.36. The largest absolute Gasteiger partial charge is 0.386 e. The van der Waals surface area contributed by atoms with Gasteiger partial charge in [-0.3, -0.25) is 0 Å². The molecule has 1 aromatic carbocycles. The van der Waals surface area contributed by atoms with Crippen LogP contribution in [0, 0.1) is 17.0 Å². The third-order valence-electron chi connectivity index (χ3n) is 6.46. The molecule has 1 unspecified atom stereocenters. The van der Waals surface area contributed by atoms with Crippen molar-refractivity contribution in [1.29, 1.82) is 0 Å². The van der Waals surface area contributed by atoms with Gasteiger partial charge in [0.15, 0.2) is 11.6 Å². The number of halogens is 3. The van der Waals surface area contributed by atoms with Crippen LogP contribution < -0.4 is 10.2 Å². The van der Waals surface area contributed by atoms with Crippen LogP contribution in [0.25, 0.3) is 21.9 Å². The summed E-state index contributed by atoms with van der Waals surface area (Å²) < 4.78 is 29.2. The Morgan fingerprint density at radius 2 is 2.14 bits per heavy atom. The zero-order valence-corrected chi connectivity index (χ0v) is 16.8. The molecule has 8 heteroatoms. The maximum atomic E-state index is 14.9. The van der Waals surface area contributed by atoms with E-state index in [0.29, 0.717) is 33.3 Å². The van der Waals surface area contributed by atoms with E-state index in [1.54, 1.807) is 13.2 Å². The lowest BCUT2D eigenvalue weighted by molar-refractivity contribution is 0.335. The Balaban J connectivity index is 1.72. The molecule has 1 spiro atoms. The number of hydrogen-bond donors (Lipinski definition) is 2. The summed E-state index contributed by atoms with van der Waals surface area (Å²) in [5, 5.41) is 4.14. The molecule has 1 aliphatic carbocycles. The number of aromatic nitrogens is 2. The van der Waals surface area contributed by atoms with Gasteiger partial charge in [0.2, 0.25) is 0 Å². The highest BCUT2D eigenvalue weighted by atomic mass is 35.5. The Morgan fingerprint density at radius 1 is 1.36 bits per heavy atom. The van der Waals surface area contributed by atoms with E-state index in [1.807, 2.05) is 0 Å². The number of nitrogens with zero attached hydrogens (tertiary/aromatic N) is 3. The van der Waals surface area contributed by atoms with E-state index in [2.05, 4.69) is 39.2 Å². The van der Waals surface area contributed by atoms with Crippen LogP contribution in [0.4, 0.5) is 20.2 Å². The standard InChI is InChI=1S/C20H22ClF2N5/c1-24-12-6-11(22)16(23)14-15-18(10(21)8-25-19(15)26-17(12)14)28-5-4-20(9-28)7-13(20)27(2)3/h6,8,13,24H,4-5,7,9H2,1-3H3,(H,25,26)/t13-,20?/m1/s1. The summed E-state index contributed by atoms with van der Waals surface area (Å²) in [5.41, 5.74) is 2.50. The summed E-state index contributed by atoms with van der Waals surface area (Å²) in [7, 11) is 5.89. The van der Waals surface area contributed by atoms with Crippen LogP contribution in [0.5, 0.6) is 0 Å². The van der Waals surface area contributed by atoms with Gasteiger partial charge in [0.25, 0.3) is 0 Å². The van der Waals surface area contributed by atoms with E-state index in [9.17, 15) is 8.78 Å². The smallest absolute Gasteiger partial charge is 0.169 e. The normalized spacial score (nSPS) is 24.2. The van der Waals surface area contributed by atoms with Gasteiger partial charge in [-0.1, -0.05) is 11.6 Å². The summed E-state index contributed by atoms with van der Waals surface area (Å²) in [6.07, 6.45) is 3.81. The van der Waals surface area contributed by atoms with Gasteiger partial charge in [0.05, 0.1) is 38.9 Å². The Kier molecular flexibility index (Phi) is 3.81. The average Bonchev–Trinajstić information content (AvgIpc) is 3.01. The first-order chi connectivity index (χ1) is 13.4. The first-order valence-corrected chi connectivity index (χ1v) is 9.81. The van der Waals surface area contributed by atoms with Gasteiger partial charge >= 0.3 is 0 Å². The van der Waals surface area contributed by atoms with Gasteiger partial charge in [0, 0.05) is 37.7 Å². The van der Waals surface area contributed by atoms with Crippen LogP contribution in [0.1, 0.15) is 12.8 Å². The minimum absolute atomic E-state index is 0.199. The minimum atomic E-state index is -0.892. The van der Waals surface area contributed by atoms with Crippen molar-refractivity contribution in [2.24, 2.45) is 5.41 Å². The van der Waals surface area contributed by atoms with Crippen LogP contribution in [0.3, 0.4) is 0 Å². The molecule has 1 saturated heterocycles. The van der Waals surface area contributed by atoms with Crippen molar-refractivity contribution >= 4 is 44.9 Å². The molecule has 2 fully saturated rings. The first kappa shape index (κ1) is 17.9. The molecule has 1 saturated carbocycles. The third-order valence-corrected chi connectivity index (χ3v) is 6.74. The van der Waals surface area contributed by atoms with Crippen molar-refractivity contribution < 1.29 is 8.78 Å². The van der Waals surface area contributed by atoms with Crippen molar-refractivity contribution in [3.05, 3.63) is 28.9 Å². The summed E-state index contributed by atoms with van der Waals surface area (Å²) in [6, 6.07) is 1.71. The molecule has 2 aliphatic rings. The predicted octanol–water partition coefficient (Wildman–Crippen LogP) is 4.22. The second-order valence-corrected chi connectivity index (χ2v) is 8.65. The fourth-order valence-corrected chi connectivity index (χ4v) is 5.27. The van der Waals surface area contributed by atoms with E-state index < -0.39 is 11.6 Å². The average molecular weight is 406 g/mol. The van der Waals surface area contributed by atoms with E-state index in [1.165, 1.54) is 0 Å². The fourth-order valence-electron chi connectivity index (χ4n) is 5.01. The van der Waals surface area contributed by atoms with Gasteiger partial charge in [-0.05, 0) is 26.9 Å². The van der Waals surface area contributed by atoms with Gasteiger partial charge in [-0.15, -0.1) is 0 Å². The van der Waals surface area contributed by atoms with Crippen LogP contribution in [-0.4, -0.2) is 55.1 Å². The SMILES string of the molecule is CNc1cc(F)c(F)c2c1[nH]c1ncc(Cl)c(N3CCC4(C[C@H]4N(C)C)C3)c12. The molecule has 0 radical (unpaired) electrons. The Labute approximate surface area is 166 Å². The minimum Gasteiger partial charge on any atom is -0.386 e. The summed E-state index contributed by atoms with van der Waals surface area (Å²) >= 11 is 6.56. The van der Waals surface area contributed by atoms with E-state index >= 15 is 0 Å². The Hall–Kier alpha value is -2.12. The topological polar surface area (TPSA) is 47.2 Å². The Bertz CT molecular complexity index is 1110. The van der Waals surface area contributed by atoms with Crippen molar-refractivity contribution in [1.82, 2.24) is 14.9 Å². The molecular formula is C20H22ClF2N5. The van der Waals surface area contributed by atoms with Crippen LogP contribution in [0.2, 0.25) is 5.02 Å². The summed E-state index contributed by atoms with van der Waals surface area (Å²) in [5.74, 6) is -1.77. The molecule has 5 rings (SSSR count). The maximum Gasteiger partial charge on any atom is 0.169 e. The zero-order valence-electron chi connectivity index (χ0n) is 16.0. The maximum absolute atomic E-state index is 14.9. The quantitative estimate of drug-likeness (QED) is 0.685. The molecule has 148 valence electrons. The van der Waals surface area contributed by atoms with Crippen LogP contribution in [-0.2, 0) is 0 Å². The predicted molar refractivity (Wildman–Crippen MR) is 109 cm³/mol. The molecule has 1 aliphatic heterocycles. The molecule has 5 nitrogen and oxygen atoms in total. The number of pyridine rings is 1. The number of aromatic amines is 1. The highest BCUT2D eigenvalue weighted by Gasteiger charge is 2.58. The molecule has 0 amide bonds. The molecule has 2 atom stereocenters. The molecule has 3 aromatic rings. The molecular weight excluding hydrogens is 384 g/mol. The van der Waals surface area contributed by atoms with Crippen LogP contribution >= 0.6 is 11.6 Å². The van der Waals surface area contributed by atoms with E-state index in [4.69, 9.17) is 11.6 Å². The van der Waals surface area contributed by atoms with E-state index in [-0.39, 0.29) is 10.8 Å². The first-order valence-electron chi connectivity index (χ1n) is 9.43. The zero-order chi connectivity index (χ0) is 19.8. The molecule has 28 heavy (non-hydrogen) atoms. The summed E-state index contributed by atoms with van der Waals surface area (Å²) in [4.78, 5) is 12.0. The monoisotopic (exact) mass is 405 g/mol. The molecule has 0 bridgehead atoms. The van der Waals surface area contributed by atoms with Gasteiger partial charge < -0.3 is 20.1 Å². The lowest BCUT2D eigenvalue weighted by Gasteiger charge is -2.22. The van der Waals surface area contributed by atoms with Gasteiger partial charge in [-0.25, -0.2) is 13.8 Å². The summed E-state index contributed by atoms with van der Waals surface area (Å²) in [6.45, 7) is 1.70. The number of anilines is 2. The number of benzene rings is 1. The van der Waals surface area contributed by atoms with Gasteiger partial charge in [0.1, 0.15) is 5.65 Å². The van der Waals surface area contributed by atoms with E-state index in [0.717, 1.165) is 37.7 Å². The number of rotatable bonds is 3. The van der Waals surface area contributed by atoms with Gasteiger partial charge in [-0.2, -0.15) is 0 Å². The van der Waals surface area contributed by atoms with Crippen LogP contribution in [0.15, 0.2) is 12.3 Å². The molecule has 2 aromatic heterocycles. The lowest BCUT2D eigenvalue weighted by atomic mass is 10.1. The number of hydrogen-bond acceptors (Lipinski definition) is 4. The molecule has 3 heterocycles. The Morgan fingerprint density at radius 3 is 2.82 bits per heavy atom. The number of nitrogens with one attached hydrogen (secondary N) is 2. The fraction of sp³-hybridized carbons (Fsp3) is 0.450. The lowest BCUT2D eigenvalue weighted by Crippen LogP contribution is -2.26. The van der Waals surface area contributed by atoms with Crippen molar-refractivity contribution in [3.63, 3.8) is 0 Å². The van der Waals surface area contributed by atoms with Crippen molar-refractivity contribution in [3.8, 4) is 0 Å². The number of H-pyrrole nitrogens is 1. The number of fused-ring (bicyclic) bond motifs is 3. The second-order valence-electron chi connectivity index (χ2n) is 8.24. The highest BCUT2D eigenvalue weighted by Crippen LogP contribution is 2.57. The third kappa shape index (κ3) is 2.35. The molecule has 2 N–H and O–H groups in total.